The van der Waals surface area contributed by atoms with Gasteiger partial charge in [-0.1, -0.05) is 149 Å². The molecule has 1 N–H and O–H groups in total. The lowest BCUT2D eigenvalue weighted by atomic mass is 9.79. The first kappa shape index (κ1) is 31.9. The van der Waals surface area contributed by atoms with Crippen LogP contribution in [0.25, 0.3) is 21.5 Å². The van der Waals surface area contributed by atoms with Gasteiger partial charge in [-0.2, -0.15) is 0 Å². The molecular weight excluding hydrogens is 605 g/mol. The van der Waals surface area contributed by atoms with Crippen LogP contribution in [0.3, 0.4) is 0 Å². The smallest absolute Gasteiger partial charge is 0.154 e. The molecule has 6 aromatic carbocycles. The van der Waals surface area contributed by atoms with Gasteiger partial charge in [-0.05, 0) is 91.4 Å². The van der Waals surface area contributed by atoms with E-state index in [0.29, 0.717) is 6.42 Å². The topological polar surface area (TPSA) is 20.2 Å². The Morgan fingerprint density at radius 3 is 1.70 bits per heavy atom. The molecule has 1 aliphatic rings. The van der Waals surface area contributed by atoms with Crippen LogP contribution in [0.5, 0.6) is 0 Å². The minimum absolute atomic E-state index is 0.0924. The Balaban J connectivity index is 1.60. The Kier molecular flexibility index (Phi) is 8.23. The second-order valence-corrected chi connectivity index (χ2v) is 19.7. The van der Waals surface area contributed by atoms with Crippen LogP contribution in [0, 0.1) is 6.92 Å². The third-order valence-electron chi connectivity index (χ3n) is 11.0. The fraction of sp³-hybridized carbons (Fsp3) is 0.273. The van der Waals surface area contributed by atoms with Gasteiger partial charge in [0.15, 0.2) is 8.07 Å². The van der Waals surface area contributed by atoms with E-state index < -0.39 is 13.7 Å². The average molecular weight is 651 g/mol. The maximum absolute atomic E-state index is 13.5. The van der Waals surface area contributed by atoms with E-state index in [1.165, 1.54) is 43.0 Å². The van der Waals surface area contributed by atoms with Gasteiger partial charge in [0.1, 0.15) is 5.60 Å². The van der Waals surface area contributed by atoms with Gasteiger partial charge in [-0.25, -0.2) is 0 Å². The van der Waals surface area contributed by atoms with Crippen molar-refractivity contribution in [1.29, 1.82) is 0 Å². The molecule has 6 aromatic rings. The molecule has 0 saturated carbocycles. The number of aryl methyl sites for hydroxylation is 2. The van der Waals surface area contributed by atoms with Gasteiger partial charge in [0, 0.05) is 16.0 Å². The summed E-state index contributed by atoms with van der Waals surface area (Å²) in [7, 11) is -2.73. The minimum Gasteiger partial charge on any atom is -0.380 e. The number of fused-ring (bicyclic) bond motifs is 3. The molecule has 0 radical (unpaired) electrons. The maximum Gasteiger partial charge on any atom is 0.154 e. The number of aliphatic hydroxyl groups is 1. The Morgan fingerprint density at radius 1 is 0.723 bits per heavy atom. The molecule has 0 aromatic heterocycles. The summed E-state index contributed by atoms with van der Waals surface area (Å²) in [5.41, 5.74) is 4.78. The zero-order valence-corrected chi connectivity index (χ0v) is 30.3. The quantitative estimate of drug-likeness (QED) is 0.0764. The van der Waals surface area contributed by atoms with Crippen LogP contribution in [0.15, 0.2) is 120 Å². The lowest BCUT2D eigenvalue weighted by molar-refractivity contribution is 0.0837. The third kappa shape index (κ3) is 4.85. The van der Waals surface area contributed by atoms with Crippen LogP contribution in [-0.2, 0) is 18.4 Å². The van der Waals surface area contributed by atoms with Crippen molar-refractivity contribution in [3.05, 3.63) is 143 Å². The van der Waals surface area contributed by atoms with Crippen LogP contribution in [0.4, 0.5) is 0 Å². The molecule has 0 amide bonds. The molecule has 1 aliphatic carbocycles. The highest BCUT2D eigenvalue weighted by atomic mass is 32.1. The first-order chi connectivity index (χ1) is 22.6. The van der Waals surface area contributed by atoms with Crippen molar-refractivity contribution in [2.75, 3.05) is 0 Å². The second-order valence-electron chi connectivity index (χ2n) is 14.6. The average Bonchev–Trinajstić information content (AvgIpc) is 3.44. The lowest BCUT2D eigenvalue weighted by Crippen LogP contribution is -2.72. The van der Waals surface area contributed by atoms with Gasteiger partial charge in [-0.3, -0.25) is 0 Å². The molecule has 7 rings (SSSR count). The van der Waals surface area contributed by atoms with E-state index in [9.17, 15) is 5.11 Å². The lowest BCUT2D eigenvalue weighted by Gasteiger charge is -2.46. The van der Waals surface area contributed by atoms with Crippen molar-refractivity contribution in [3.8, 4) is 0 Å². The molecule has 0 aliphatic heterocycles. The van der Waals surface area contributed by atoms with Crippen molar-refractivity contribution in [3.63, 3.8) is 0 Å². The summed E-state index contributed by atoms with van der Waals surface area (Å²) in [4.78, 5) is 0.961. The SMILES string of the molecule is CCCCc1c2ccccc2c([C@]2(O)CCc3c(C)cc([Si](c4ccccc4)(c4ccccc4)C(C)(C)C)c(S)c32)c2ccccc12. The van der Waals surface area contributed by atoms with Crippen molar-refractivity contribution in [1.82, 2.24) is 0 Å². The molecule has 0 saturated heterocycles. The van der Waals surface area contributed by atoms with E-state index in [0.717, 1.165) is 52.5 Å². The van der Waals surface area contributed by atoms with Crippen molar-refractivity contribution >= 4 is 57.8 Å². The molecule has 3 heteroatoms. The molecule has 0 fully saturated rings. The highest BCUT2D eigenvalue weighted by molar-refractivity contribution is 7.80. The fourth-order valence-corrected chi connectivity index (χ4v) is 15.7. The number of hydrogen-bond acceptors (Lipinski definition) is 2. The van der Waals surface area contributed by atoms with E-state index in [2.05, 4.69) is 150 Å². The zero-order valence-electron chi connectivity index (χ0n) is 28.4. The predicted octanol–water partition coefficient (Wildman–Crippen LogP) is 9.39. The van der Waals surface area contributed by atoms with Gasteiger partial charge in [-0.15, -0.1) is 12.6 Å². The second kappa shape index (κ2) is 12.1. The molecule has 1 atom stereocenters. The highest BCUT2D eigenvalue weighted by Gasteiger charge is 2.52. The van der Waals surface area contributed by atoms with Gasteiger partial charge in [0.2, 0.25) is 0 Å². The minimum atomic E-state index is -2.73. The normalized spacial score (nSPS) is 16.6. The molecule has 47 heavy (non-hydrogen) atoms. The fourth-order valence-electron chi connectivity index (χ4n) is 8.99. The highest BCUT2D eigenvalue weighted by Crippen LogP contribution is 2.51. The van der Waals surface area contributed by atoms with E-state index in [4.69, 9.17) is 12.6 Å². The Morgan fingerprint density at radius 2 is 1.21 bits per heavy atom. The predicted molar refractivity (Wildman–Crippen MR) is 207 cm³/mol. The number of thiol groups is 1. The first-order valence-electron chi connectivity index (χ1n) is 17.3. The monoisotopic (exact) mass is 650 g/mol. The summed E-state index contributed by atoms with van der Waals surface area (Å²) in [5, 5.41) is 22.3. The molecule has 238 valence electrons. The van der Waals surface area contributed by atoms with Crippen LogP contribution in [0.1, 0.15) is 74.8 Å². The summed E-state index contributed by atoms with van der Waals surface area (Å²) in [6, 6.07) is 42.2. The van der Waals surface area contributed by atoms with Gasteiger partial charge >= 0.3 is 0 Å². The van der Waals surface area contributed by atoms with Crippen LogP contribution < -0.4 is 15.6 Å². The van der Waals surface area contributed by atoms with Crippen molar-refractivity contribution in [2.45, 2.75) is 82.3 Å². The summed E-state index contributed by atoms with van der Waals surface area (Å²) in [5.74, 6) is 0. The summed E-state index contributed by atoms with van der Waals surface area (Å²) in [6.45, 7) is 11.7. The number of unbranched alkanes of at least 4 members (excludes halogenated alkanes) is 1. The largest absolute Gasteiger partial charge is 0.380 e. The zero-order chi connectivity index (χ0) is 33.0. The summed E-state index contributed by atoms with van der Waals surface area (Å²) >= 11 is 5.57. The third-order valence-corrected chi connectivity index (χ3v) is 17.5. The van der Waals surface area contributed by atoms with Gasteiger partial charge in [0.25, 0.3) is 0 Å². The number of benzene rings is 6. The standard InChI is InChI=1S/C44H46OSSi/c1-6-7-22-34-35-23-14-16-25-37(35)40(38-26-17-15-24-36(34)38)44(45)28-27-33-30(2)29-39(42(46)41(33)44)47(43(3,4)5,31-18-10-8-11-19-31)32-20-12-9-13-21-32/h8-21,23-26,29,45-46H,6-7,22,27-28H2,1-5H3/t44-/m1/s1. The maximum atomic E-state index is 13.5. The van der Waals surface area contributed by atoms with Crippen LogP contribution in [-0.4, -0.2) is 13.2 Å². The van der Waals surface area contributed by atoms with Crippen LogP contribution >= 0.6 is 12.6 Å². The molecular formula is C44H46OSSi. The van der Waals surface area contributed by atoms with Gasteiger partial charge in [0.05, 0.1) is 0 Å². The van der Waals surface area contributed by atoms with E-state index >= 15 is 0 Å². The molecule has 1 nitrogen and oxygen atoms in total. The first-order valence-corrected chi connectivity index (χ1v) is 19.7. The Hall–Kier alpha value is -3.63. The van der Waals surface area contributed by atoms with E-state index in [1.54, 1.807) is 0 Å². The molecule has 0 unspecified atom stereocenters. The van der Waals surface area contributed by atoms with E-state index in [-0.39, 0.29) is 5.04 Å². The molecule has 0 heterocycles. The molecule has 0 spiro atoms. The van der Waals surface area contributed by atoms with Gasteiger partial charge < -0.3 is 5.11 Å². The number of rotatable bonds is 7. The Bertz CT molecular complexity index is 2000. The number of hydrogen-bond donors (Lipinski definition) is 2. The van der Waals surface area contributed by atoms with Crippen molar-refractivity contribution < 1.29 is 5.11 Å². The molecule has 0 bridgehead atoms. The Labute approximate surface area is 287 Å². The van der Waals surface area contributed by atoms with Crippen molar-refractivity contribution in [2.24, 2.45) is 0 Å². The summed E-state index contributed by atoms with van der Waals surface area (Å²) < 4.78 is 0. The summed E-state index contributed by atoms with van der Waals surface area (Å²) in [6.07, 6.45) is 4.79. The van der Waals surface area contributed by atoms with Crippen LogP contribution in [0.2, 0.25) is 5.04 Å². The van der Waals surface area contributed by atoms with E-state index in [1.807, 2.05) is 0 Å².